The first kappa shape index (κ1) is 23.0. The first-order valence-corrected chi connectivity index (χ1v) is 8.61. The summed E-state index contributed by atoms with van der Waals surface area (Å²) in [4.78, 5) is 19.2. The third-order valence-electron chi connectivity index (χ3n) is 2.92. The zero-order chi connectivity index (χ0) is 17.3. The Hall–Kier alpha value is -1.03. The van der Waals surface area contributed by atoms with Crippen molar-refractivity contribution in [1.29, 1.82) is 0 Å². The standard InChI is InChI=1S/C16H28N4O2S.HI/c1-16(2,3)22-15(21)19-10-9-18-14(17-4)20(5)11-8-13-7-6-12-23-13;/h6-7,12H,8-11H2,1-5H3,(H,17,18)(H,19,21);1H. The van der Waals surface area contributed by atoms with E-state index in [0.29, 0.717) is 13.1 Å². The predicted molar refractivity (Wildman–Crippen MR) is 112 cm³/mol. The van der Waals surface area contributed by atoms with Crippen LogP contribution in [0, 0.1) is 0 Å². The molecule has 0 saturated carbocycles. The normalized spacial score (nSPS) is 11.5. The number of thiophene rings is 1. The number of guanidine groups is 1. The summed E-state index contributed by atoms with van der Waals surface area (Å²) in [6.45, 7) is 7.49. The van der Waals surface area contributed by atoms with Gasteiger partial charge in [-0.3, -0.25) is 4.99 Å². The van der Waals surface area contributed by atoms with Gasteiger partial charge in [0, 0.05) is 38.6 Å². The summed E-state index contributed by atoms with van der Waals surface area (Å²) < 4.78 is 5.18. The molecule has 6 nitrogen and oxygen atoms in total. The maximum Gasteiger partial charge on any atom is 0.407 e. The quantitative estimate of drug-likeness (QED) is 0.292. The summed E-state index contributed by atoms with van der Waals surface area (Å²) in [6.07, 6.45) is 0.589. The lowest BCUT2D eigenvalue weighted by atomic mass is 10.2. The summed E-state index contributed by atoms with van der Waals surface area (Å²) in [6, 6.07) is 4.20. The van der Waals surface area contributed by atoms with Crippen LogP contribution in [0.2, 0.25) is 0 Å². The molecule has 0 aliphatic rings. The molecule has 0 radical (unpaired) electrons. The van der Waals surface area contributed by atoms with Crippen molar-refractivity contribution in [3.8, 4) is 0 Å². The number of ether oxygens (including phenoxy) is 1. The van der Waals surface area contributed by atoms with Gasteiger partial charge in [-0.2, -0.15) is 0 Å². The van der Waals surface area contributed by atoms with Crippen LogP contribution < -0.4 is 10.6 Å². The fourth-order valence-electron chi connectivity index (χ4n) is 1.88. The molecule has 0 atom stereocenters. The predicted octanol–water partition coefficient (Wildman–Crippen LogP) is 2.94. The van der Waals surface area contributed by atoms with E-state index in [1.807, 2.05) is 27.8 Å². The van der Waals surface area contributed by atoms with Gasteiger partial charge in [-0.25, -0.2) is 4.79 Å². The van der Waals surface area contributed by atoms with Crippen molar-refractivity contribution in [2.45, 2.75) is 32.8 Å². The molecule has 1 aromatic heterocycles. The van der Waals surface area contributed by atoms with E-state index < -0.39 is 11.7 Å². The molecule has 1 rings (SSSR count). The Morgan fingerprint density at radius 1 is 1.33 bits per heavy atom. The van der Waals surface area contributed by atoms with E-state index in [2.05, 4.69) is 38.0 Å². The van der Waals surface area contributed by atoms with Crippen LogP contribution >= 0.6 is 35.3 Å². The van der Waals surface area contributed by atoms with Crippen molar-refractivity contribution in [2.75, 3.05) is 33.7 Å². The van der Waals surface area contributed by atoms with E-state index in [4.69, 9.17) is 4.74 Å². The summed E-state index contributed by atoms with van der Waals surface area (Å²) in [5, 5.41) is 8.03. The molecule has 0 unspecified atom stereocenters. The number of alkyl carbamates (subject to hydrolysis) is 1. The molecule has 1 aromatic rings. The van der Waals surface area contributed by atoms with Crippen molar-refractivity contribution < 1.29 is 9.53 Å². The van der Waals surface area contributed by atoms with Crippen molar-refractivity contribution in [3.63, 3.8) is 0 Å². The van der Waals surface area contributed by atoms with Crippen LogP contribution in [0.4, 0.5) is 4.79 Å². The number of nitrogens with one attached hydrogen (secondary N) is 2. The smallest absolute Gasteiger partial charge is 0.407 e. The van der Waals surface area contributed by atoms with E-state index in [0.717, 1.165) is 18.9 Å². The highest BCUT2D eigenvalue weighted by Gasteiger charge is 2.15. The van der Waals surface area contributed by atoms with Crippen LogP contribution in [0.15, 0.2) is 22.5 Å². The van der Waals surface area contributed by atoms with Gasteiger partial charge < -0.3 is 20.3 Å². The Balaban J connectivity index is 0.00000529. The van der Waals surface area contributed by atoms with E-state index in [-0.39, 0.29) is 24.0 Å². The van der Waals surface area contributed by atoms with Gasteiger partial charge in [0.15, 0.2) is 5.96 Å². The third-order valence-corrected chi connectivity index (χ3v) is 3.86. The minimum Gasteiger partial charge on any atom is -0.444 e. The van der Waals surface area contributed by atoms with Gasteiger partial charge in [-0.15, -0.1) is 35.3 Å². The van der Waals surface area contributed by atoms with Crippen molar-refractivity contribution in [1.82, 2.24) is 15.5 Å². The number of hydrogen-bond donors (Lipinski definition) is 2. The topological polar surface area (TPSA) is 66.0 Å². The molecule has 0 aromatic carbocycles. The van der Waals surface area contributed by atoms with E-state index in [1.165, 1.54) is 4.88 Å². The minimum absolute atomic E-state index is 0. The lowest BCUT2D eigenvalue weighted by molar-refractivity contribution is 0.0529. The van der Waals surface area contributed by atoms with Crippen LogP contribution in [-0.4, -0.2) is 56.3 Å². The van der Waals surface area contributed by atoms with Crippen LogP contribution in [0.25, 0.3) is 0 Å². The first-order chi connectivity index (χ1) is 10.8. The number of halogens is 1. The molecule has 0 aliphatic heterocycles. The zero-order valence-corrected chi connectivity index (χ0v) is 18.2. The second-order valence-electron chi connectivity index (χ2n) is 6.15. The lowest BCUT2D eigenvalue weighted by Crippen LogP contribution is -2.43. The second kappa shape index (κ2) is 11.5. The molecule has 1 heterocycles. The SMILES string of the molecule is CN=C(NCCNC(=O)OC(C)(C)C)N(C)CCc1cccs1.I. The third kappa shape index (κ3) is 9.96. The average Bonchev–Trinajstić information content (AvgIpc) is 2.96. The molecule has 0 spiro atoms. The Bertz CT molecular complexity index is 501. The van der Waals surface area contributed by atoms with Gasteiger partial charge in [-0.1, -0.05) is 6.07 Å². The number of aliphatic imine (C=N–C) groups is 1. The van der Waals surface area contributed by atoms with Gasteiger partial charge in [-0.05, 0) is 38.6 Å². The Morgan fingerprint density at radius 2 is 2.00 bits per heavy atom. The molecule has 0 saturated heterocycles. The molecule has 0 bridgehead atoms. The highest BCUT2D eigenvalue weighted by molar-refractivity contribution is 14.0. The number of carbonyl (C=O) groups is 1. The van der Waals surface area contributed by atoms with Gasteiger partial charge in [0.1, 0.15) is 5.60 Å². The van der Waals surface area contributed by atoms with Crippen LogP contribution in [0.1, 0.15) is 25.6 Å². The molecule has 24 heavy (non-hydrogen) atoms. The average molecular weight is 468 g/mol. The molecule has 2 N–H and O–H groups in total. The van der Waals surface area contributed by atoms with Crippen LogP contribution in [0.5, 0.6) is 0 Å². The maximum absolute atomic E-state index is 11.5. The Morgan fingerprint density at radius 3 is 2.54 bits per heavy atom. The summed E-state index contributed by atoms with van der Waals surface area (Å²) in [5.41, 5.74) is -0.477. The van der Waals surface area contributed by atoms with Crippen molar-refractivity contribution in [2.24, 2.45) is 4.99 Å². The number of likely N-dealkylation sites (N-methyl/N-ethyl adjacent to an activating group) is 1. The van der Waals surface area contributed by atoms with E-state index in [9.17, 15) is 4.79 Å². The molecule has 0 aliphatic carbocycles. The van der Waals surface area contributed by atoms with Gasteiger partial charge in [0.25, 0.3) is 0 Å². The molecule has 138 valence electrons. The van der Waals surface area contributed by atoms with Crippen molar-refractivity contribution >= 4 is 47.4 Å². The monoisotopic (exact) mass is 468 g/mol. The number of hydrogen-bond acceptors (Lipinski definition) is 4. The summed E-state index contributed by atoms with van der Waals surface area (Å²) in [5.74, 6) is 0.813. The Kier molecular flexibility index (Phi) is 11.0. The lowest BCUT2D eigenvalue weighted by Gasteiger charge is -2.22. The molecule has 8 heteroatoms. The fraction of sp³-hybridized carbons (Fsp3) is 0.625. The van der Waals surface area contributed by atoms with Gasteiger partial charge >= 0.3 is 6.09 Å². The zero-order valence-electron chi connectivity index (χ0n) is 15.1. The van der Waals surface area contributed by atoms with E-state index in [1.54, 1.807) is 18.4 Å². The highest BCUT2D eigenvalue weighted by Crippen LogP contribution is 2.09. The van der Waals surface area contributed by atoms with Gasteiger partial charge in [0.05, 0.1) is 0 Å². The number of amides is 1. The first-order valence-electron chi connectivity index (χ1n) is 7.73. The summed E-state index contributed by atoms with van der Waals surface area (Å²) in [7, 11) is 3.76. The van der Waals surface area contributed by atoms with Crippen LogP contribution in [-0.2, 0) is 11.2 Å². The van der Waals surface area contributed by atoms with E-state index >= 15 is 0 Å². The molecule has 0 fully saturated rings. The molecular formula is C16H29IN4O2S. The number of nitrogens with zero attached hydrogens (tertiary/aromatic N) is 2. The van der Waals surface area contributed by atoms with Gasteiger partial charge in [0.2, 0.25) is 0 Å². The van der Waals surface area contributed by atoms with Crippen molar-refractivity contribution in [3.05, 3.63) is 22.4 Å². The largest absolute Gasteiger partial charge is 0.444 e. The summed E-state index contributed by atoms with van der Waals surface area (Å²) >= 11 is 1.76. The van der Waals surface area contributed by atoms with Crippen LogP contribution in [0.3, 0.4) is 0 Å². The second-order valence-corrected chi connectivity index (χ2v) is 7.19. The number of rotatable bonds is 6. The molecular weight excluding hydrogens is 439 g/mol. The molecule has 1 amide bonds. The highest BCUT2D eigenvalue weighted by atomic mass is 127. The minimum atomic E-state index is -0.477. The maximum atomic E-state index is 11.5. The fourth-order valence-corrected chi connectivity index (χ4v) is 2.57. The number of carbonyl (C=O) groups excluding carboxylic acids is 1. The Labute approximate surface area is 166 Å².